The molecule has 0 unspecified atom stereocenters. The van der Waals surface area contributed by atoms with E-state index in [1.165, 1.54) is 11.6 Å². The second kappa shape index (κ2) is 7.08. The highest BCUT2D eigenvalue weighted by atomic mass is 16.6. The smallest absolute Gasteiger partial charge is 0.311 e. The van der Waals surface area contributed by atoms with E-state index >= 15 is 0 Å². The highest BCUT2D eigenvalue weighted by molar-refractivity contribution is 5.58. The van der Waals surface area contributed by atoms with Crippen molar-refractivity contribution in [2.24, 2.45) is 0 Å². The number of nitrogens with one attached hydrogen (secondary N) is 2. The molecule has 0 fully saturated rings. The van der Waals surface area contributed by atoms with Crippen LogP contribution in [-0.4, -0.2) is 30.7 Å². The van der Waals surface area contributed by atoms with Crippen molar-refractivity contribution in [2.45, 2.75) is 26.4 Å². The number of benzene rings is 1. The lowest BCUT2D eigenvalue weighted by molar-refractivity contribution is -0.386. The van der Waals surface area contributed by atoms with Crippen LogP contribution < -0.4 is 15.4 Å². The van der Waals surface area contributed by atoms with E-state index < -0.39 is 4.92 Å². The van der Waals surface area contributed by atoms with Gasteiger partial charge in [0.25, 0.3) is 0 Å². The van der Waals surface area contributed by atoms with Gasteiger partial charge in [0, 0.05) is 30.9 Å². The van der Waals surface area contributed by atoms with Crippen LogP contribution in [0.2, 0.25) is 0 Å². The minimum Gasteiger partial charge on any atom is -0.484 e. The predicted octanol–water partition coefficient (Wildman–Crippen LogP) is 2.71. The maximum absolute atomic E-state index is 11.0. The maximum Gasteiger partial charge on any atom is 0.311 e. The number of nitro groups is 1. The molecule has 0 saturated heterocycles. The predicted molar refractivity (Wildman–Crippen MR) is 82.9 cm³/mol. The summed E-state index contributed by atoms with van der Waals surface area (Å²) >= 11 is 0. The van der Waals surface area contributed by atoms with Crippen molar-refractivity contribution in [1.29, 1.82) is 0 Å². The van der Waals surface area contributed by atoms with Gasteiger partial charge in [0.05, 0.1) is 11.0 Å². The molecular formula is C15H21N3O3. The van der Waals surface area contributed by atoms with E-state index in [0.29, 0.717) is 5.75 Å². The minimum atomic E-state index is -0.420. The van der Waals surface area contributed by atoms with Gasteiger partial charge in [0.15, 0.2) is 5.75 Å². The Morgan fingerprint density at radius 3 is 2.90 bits per heavy atom. The number of hydrogen-bond acceptors (Lipinski definition) is 5. The highest BCUT2D eigenvalue weighted by Gasteiger charge is 2.16. The Morgan fingerprint density at radius 2 is 2.29 bits per heavy atom. The number of nitrogens with zero attached hydrogens (tertiary/aromatic N) is 1. The summed E-state index contributed by atoms with van der Waals surface area (Å²) in [5.41, 5.74) is 2.17. The molecule has 6 heteroatoms. The van der Waals surface area contributed by atoms with Gasteiger partial charge in [0.2, 0.25) is 0 Å². The van der Waals surface area contributed by atoms with Crippen molar-refractivity contribution >= 4 is 11.4 Å². The number of hydrogen-bond donors (Lipinski definition) is 2. The van der Waals surface area contributed by atoms with Crippen LogP contribution in [0.5, 0.6) is 5.75 Å². The molecule has 0 amide bonds. The van der Waals surface area contributed by atoms with Crippen LogP contribution in [0.25, 0.3) is 0 Å². The van der Waals surface area contributed by atoms with Crippen LogP contribution in [0.1, 0.15) is 20.3 Å². The van der Waals surface area contributed by atoms with Crippen LogP contribution in [0.15, 0.2) is 29.8 Å². The van der Waals surface area contributed by atoms with E-state index in [2.05, 4.69) is 16.7 Å². The molecule has 0 bridgehead atoms. The molecule has 0 radical (unpaired) electrons. The summed E-state index contributed by atoms with van der Waals surface area (Å²) in [7, 11) is 0. The average molecular weight is 291 g/mol. The van der Waals surface area contributed by atoms with E-state index in [0.717, 1.165) is 31.7 Å². The average Bonchev–Trinajstić information content (AvgIpc) is 2.45. The third kappa shape index (κ3) is 4.46. The summed E-state index contributed by atoms with van der Waals surface area (Å²) in [6, 6.07) is 4.89. The lowest BCUT2D eigenvalue weighted by Crippen LogP contribution is -2.23. The van der Waals surface area contributed by atoms with E-state index in [9.17, 15) is 10.1 Å². The standard InChI is InChI=1S/C15H21N3O3/c1-11(2)21-15-9-13(3-4-14(15)18(19)20)17-10-12-5-7-16-8-6-12/h3-5,9,11,16-17H,6-8,10H2,1-2H3. The maximum atomic E-state index is 11.0. The van der Waals surface area contributed by atoms with E-state index in [1.54, 1.807) is 12.1 Å². The van der Waals surface area contributed by atoms with E-state index in [-0.39, 0.29) is 11.8 Å². The molecule has 0 aliphatic carbocycles. The molecule has 2 N–H and O–H groups in total. The van der Waals surface area contributed by atoms with Crippen molar-refractivity contribution in [2.75, 3.05) is 25.0 Å². The van der Waals surface area contributed by atoms with Crippen LogP contribution >= 0.6 is 0 Å². The summed E-state index contributed by atoms with van der Waals surface area (Å²) in [5, 5.41) is 17.6. The Bertz CT molecular complexity index is 541. The number of nitro benzene ring substituents is 1. The molecule has 6 nitrogen and oxygen atoms in total. The molecule has 1 aliphatic rings. The van der Waals surface area contributed by atoms with Gasteiger partial charge in [-0.25, -0.2) is 0 Å². The van der Waals surface area contributed by atoms with E-state index in [4.69, 9.17) is 4.74 Å². The van der Waals surface area contributed by atoms with Crippen molar-refractivity contribution in [3.63, 3.8) is 0 Å². The molecule has 114 valence electrons. The molecule has 0 atom stereocenters. The fourth-order valence-electron chi connectivity index (χ4n) is 2.17. The van der Waals surface area contributed by atoms with Crippen LogP contribution in [0.3, 0.4) is 0 Å². The summed E-state index contributed by atoms with van der Waals surface area (Å²) in [6.07, 6.45) is 3.09. The molecule has 0 aromatic heterocycles. The molecule has 1 aromatic rings. The van der Waals surface area contributed by atoms with Crippen LogP contribution in [0.4, 0.5) is 11.4 Å². The molecular weight excluding hydrogens is 270 g/mol. The summed E-state index contributed by atoms with van der Waals surface area (Å²) in [6.45, 7) is 6.35. The lowest BCUT2D eigenvalue weighted by atomic mass is 10.1. The zero-order chi connectivity index (χ0) is 15.2. The third-order valence-electron chi connectivity index (χ3n) is 3.20. The molecule has 21 heavy (non-hydrogen) atoms. The van der Waals surface area contributed by atoms with Crippen molar-refractivity contribution < 1.29 is 9.66 Å². The van der Waals surface area contributed by atoms with Crippen LogP contribution in [0, 0.1) is 10.1 Å². The summed E-state index contributed by atoms with van der Waals surface area (Å²) in [4.78, 5) is 10.6. The Kier molecular flexibility index (Phi) is 5.16. The minimum absolute atomic E-state index is 0.00432. The molecule has 1 aliphatic heterocycles. The van der Waals surface area contributed by atoms with Gasteiger partial charge in [-0.2, -0.15) is 0 Å². The quantitative estimate of drug-likeness (QED) is 0.479. The van der Waals surface area contributed by atoms with Crippen LogP contribution in [-0.2, 0) is 0 Å². The van der Waals surface area contributed by atoms with Gasteiger partial charge < -0.3 is 15.4 Å². The molecule has 0 saturated carbocycles. The summed E-state index contributed by atoms with van der Waals surface area (Å²) in [5.74, 6) is 0.305. The molecule has 1 aromatic carbocycles. The van der Waals surface area contributed by atoms with Crippen molar-refractivity contribution in [3.8, 4) is 5.75 Å². The van der Waals surface area contributed by atoms with Gasteiger partial charge >= 0.3 is 5.69 Å². The lowest BCUT2D eigenvalue weighted by Gasteiger charge is -2.16. The second-order valence-corrected chi connectivity index (χ2v) is 5.28. The normalized spacial score (nSPS) is 14.7. The van der Waals surface area contributed by atoms with E-state index in [1.807, 2.05) is 13.8 Å². The topological polar surface area (TPSA) is 76.4 Å². The zero-order valence-corrected chi connectivity index (χ0v) is 12.4. The number of anilines is 1. The van der Waals surface area contributed by atoms with Gasteiger partial charge in [-0.1, -0.05) is 11.6 Å². The first-order valence-corrected chi connectivity index (χ1v) is 7.14. The first-order chi connectivity index (χ1) is 10.1. The SMILES string of the molecule is CC(C)Oc1cc(NCC2=CCNCC2)ccc1[N+](=O)[O-]. The first kappa shape index (κ1) is 15.3. The van der Waals surface area contributed by atoms with Gasteiger partial charge in [-0.15, -0.1) is 0 Å². The zero-order valence-electron chi connectivity index (χ0n) is 12.4. The summed E-state index contributed by atoms with van der Waals surface area (Å²) < 4.78 is 5.53. The fourth-order valence-corrected chi connectivity index (χ4v) is 2.17. The first-order valence-electron chi connectivity index (χ1n) is 7.14. The van der Waals surface area contributed by atoms with Crippen molar-refractivity contribution in [1.82, 2.24) is 5.32 Å². The molecule has 1 heterocycles. The Labute approximate surface area is 124 Å². The second-order valence-electron chi connectivity index (χ2n) is 5.28. The Balaban J connectivity index is 2.09. The third-order valence-corrected chi connectivity index (χ3v) is 3.20. The fraction of sp³-hybridized carbons (Fsp3) is 0.467. The highest BCUT2D eigenvalue weighted by Crippen LogP contribution is 2.31. The van der Waals surface area contributed by atoms with Crippen molar-refractivity contribution in [3.05, 3.63) is 40.0 Å². The Hall–Kier alpha value is -2.08. The Morgan fingerprint density at radius 1 is 1.48 bits per heavy atom. The molecule has 0 spiro atoms. The number of ether oxygens (including phenoxy) is 1. The largest absolute Gasteiger partial charge is 0.484 e. The van der Waals surface area contributed by atoms with Gasteiger partial charge in [0.1, 0.15) is 0 Å². The van der Waals surface area contributed by atoms with Gasteiger partial charge in [-0.05, 0) is 32.9 Å². The van der Waals surface area contributed by atoms with Gasteiger partial charge in [-0.3, -0.25) is 10.1 Å². The number of rotatable bonds is 6. The molecule has 2 rings (SSSR count). The monoisotopic (exact) mass is 291 g/mol.